The Morgan fingerprint density at radius 2 is 2.10 bits per heavy atom. The van der Waals surface area contributed by atoms with Gasteiger partial charge in [0, 0.05) is 18.3 Å². The van der Waals surface area contributed by atoms with Crippen molar-refractivity contribution in [1.82, 2.24) is 9.62 Å². The Bertz CT molecular complexity index is 975. The zero-order valence-electron chi connectivity index (χ0n) is 16.9. The van der Waals surface area contributed by atoms with E-state index < -0.39 is 44.4 Å². The molecular weight excluding hydrogens is 403 g/mol. The number of aliphatic imine (C=N–C) groups is 1. The third-order valence-electron chi connectivity index (χ3n) is 4.84. The molecular formula is C18H25FN4O5S. The van der Waals surface area contributed by atoms with Crippen LogP contribution >= 0.6 is 0 Å². The van der Waals surface area contributed by atoms with Crippen molar-refractivity contribution in [3.8, 4) is 0 Å². The molecule has 1 aromatic carbocycles. The average Bonchev–Trinajstić information content (AvgIpc) is 2.91. The van der Waals surface area contributed by atoms with E-state index in [2.05, 4.69) is 10.3 Å². The molecule has 0 spiro atoms. The van der Waals surface area contributed by atoms with Crippen LogP contribution < -0.4 is 11.1 Å². The maximum Gasteiger partial charge on any atom is 0.414 e. The Balaban J connectivity index is 2.17. The number of rotatable bonds is 1. The van der Waals surface area contributed by atoms with E-state index >= 15 is 0 Å². The summed E-state index contributed by atoms with van der Waals surface area (Å²) in [6, 6.07) is 3.87. The molecule has 2 aliphatic heterocycles. The lowest BCUT2D eigenvalue weighted by atomic mass is 9.86. The molecule has 0 bridgehead atoms. The highest BCUT2D eigenvalue weighted by Crippen LogP contribution is 2.46. The number of nitrogens with zero attached hydrogens (tertiary/aromatic N) is 2. The number of hydrogen-bond donors (Lipinski definition) is 2. The second-order valence-electron chi connectivity index (χ2n) is 8.18. The van der Waals surface area contributed by atoms with E-state index in [1.807, 2.05) is 0 Å². The van der Waals surface area contributed by atoms with Gasteiger partial charge in [0.1, 0.15) is 22.2 Å². The van der Waals surface area contributed by atoms with E-state index in [-0.39, 0.29) is 23.8 Å². The van der Waals surface area contributed by atoms with Crippen molar-refractivity contribution in [3.05, 3.63) is 29.6 Å². The standard InChI is InChI=1S/C18H25FN4O5S/c1-10-14-18(9-27-10,12-8-11(20)6-7-13(12)19)22-15(23(5)29(14,25)26)21-16(24)28-17(2,3)4/h6-8,10,14H,9,20H2,1-5H3,(H,21,22,24)/t10-,14-,18-/m1/s1. The summed E-state index contributed by atoms with van der Waals surface area (Å²) in [4.78, 5) is 16.7. The lowest BCUT2D eigenvalue weighted by molar-refractivity contribution is 0.0558. The third kappa shape index (κ3) is 3.64. The molecule has 2 aliphatic rings. The van der Waals surface area contributed by atoms with E-state index in [0.29, 0.717) is 0 Å². The summed E-state index contributed by atoms with van der Waals surface area (Å²) in [5.41, 5.74) is 3.66. The number of nitrogen functional groups attached to an aromatic ring is 1. The van der Waals surface area contributed by atoms with Crippen LogP contribution in [0.1, 0.15) is 33.3 Å². The number of nitrogens with one attached hydrogen (secondary N) is 1. The molecule has 2 heterocycles. The summed E-state index contributed by atoms with van der Waals surface area (Å²) < 4.78 is 53.0. The summed E-state index contributed by atoms with van der Waals surface area (Å²) >= 11 is 0. The van der Waals surface area contributed by atoms with E-state index in [1.54, 1.807) is 27.7 Å². The molecule has 3 N–H and O–H groups in total. The smallest absolute Gasteiger partial charge is 0.414 e. The number of carbonyl (C=O) groups is 1. The van der Waals surface area contributed by atoms with Gasteiger partial charge < -0.3 is 15.2 Å². The largest absolute Gasteiger partial charge is 0.444 e. The van der Waals surface area contributed by atoms with Gasteiger partial charge in [0.2, 0.25) is 16.0 Å². The Kier molecular flexibility index (Phi) is 5.02. The van der Waals surface area contributed by atoms with Crippen LogP contribution in [0.5, 0.6) is 0 Å². The van der Waals surface area contributed by atoms with Crippen LogP contribution in [0.3, 0.4) is 0 Å². The van der Waals surface area contributed by atoms with Gasteiger partial charge >= 0.3 is 6.09 Å². The summed E-state index contributed by atoms with van der Waals surface area (Å²) in [5, 5.41) is 1.17. The molecule has 3 rings (SSSR count). The van der Waals surface area contributed by atoms with Gasteiger partial charge in [0.15, 0.2) is 0 Å². The first-order chi connectivity index (χ1) is 13.3. The van der Waals surface area contributed by atoms with Crippen molar-refractivity contribution in [2.45, 2.75) is 50.2 Å². The van der Waals surface area contributed by atoms with Gasteiger partial charge in [-0.3, -0.25) is 5.32 Å². The quantitative estimate of drug-likeness (QED) is 0.654. The van der Waals surface area contributed by atoms with Gasteiger partial charge in [-0.25, -0.2) is 26.9 Å². The number of sulfonamides is 1. The highest BCUT2D eigenvalue weighted by molar-refractivity contribution is 7.90. The molecule has 0 unspecified atom stereocenters. The summed E-state index contributed by atoms with van der Waals surface area (Å²) in [5.74, 6) is -0.947. The van der Waals surface area contributed by atoms with Crippen molar-refractivity contribution < 1.29 is 27.1 Å². The first kappa shape index (κ1) is 21.3. The Morgan fingerprint density at radius 1 is 1.45 bits per heavy atom. The van der Waals surface area contributed by atoms with Gasteiger partial charge in [-0.1, -0.05) is 0 Å². The molecule has 1 amide bonds. The molecule has 1 aromatic rings. The number of anilines is 1. The summed E-state index contributed by atoms with van der Waals surface area (Å²) in [7, 11) is -2.80. The van der Waals surface area contributed by atoms with E-state index in [4.69, 9.17) is 15.2 Å². The molecule has 0 aromatic heterocycles. The molecule has 1 fully saturated rings. The topological polar surface area (TPSA) is 123 Å². The van der Waals surface area contributed by atoms with E-state index in [1.165, 1.54) is 19.2 Å². The van der Waals surface area contributed by atoms with Gasteiger partial charge in [0.05, 0.1) is 12.7 Å². The average molecular weight is 428 g/mol. The van der Waals surface area contributed by atoms with Gasteiger partial charge in [-0.2, -0.15) is 0 Å². The molecule has 11 heteroatoms. The van der Waals surface area contributed by atoms with Crippen LogP contribution in [0, 0.1) is 5.82 Å². The van der Waals surface area contributed by atoms with Crippen molar-refractivity contribution >= 4 is 27.8 Å². The lowest BCUT2D eigenvalue weighted by Gasteiger charge is -2.40. The number of amides is 1. The number of guanidine groups is 1. The highest BCUT2D eigenvalue weighted by Gasteiger charge is 2.61. The number of carbonyl (C=O) groups excluding carboxylic acids is 1. The minimum absolute atomic E-state index is 0.00739. The molecule has 160 valence electrons. The summed E-state index contributed by atoms with van der Waals surface area (Å²) in [6.45, 7) is 6.40. The molecule has 3 atom stereocenters. The zero-order valence-corrected chi connectivity index (χ0v) is 17.7. The number of alkyl carbamates (subject to hydrolysis) is 1. The minimum atomic E-state index is -4.06. The third-order valence-corrected chi connectivity index (χ3v) is 7.19. The first-order valence-electron chi connectivity index (χ1n) is 9.02. The molecule has 29 heavy (non-hydrogen) atoms. The van der Waals surface area contributed by atoms with Crippen molar-refractivity contribution in [2.24, 2.45) is 4.99 Å². The molecule has 0 aliphatic carbocycles. The van der Waals surface area contributed by atoms with Gasteiger partial charge in [-0.05, 0) is 45.9 Å². The number of hydrogen-bond acceptors (Lipinski definition) is 7. The van der Waals surface area contributed by atoms with Crippen LogP contribution in [0.25, 0.3) is 0 Å². The number of nitrogens with two attached hydrogens (primary N) is 1. The van der Waals surface area contributed by atoms with Crippen LogP contribution in [0.2, 0.25) is 0 Å². The molecule has 1 saturated heterocycles. The summed E-state index contributed by atoms with van der Waals surface area (Å²) in [6.07, 6.45) is -1.64. The zero-order chi connectivity index (χ0) is 21.8. The van der Waals surface area contributed by atoms with Crippen molar-refractivity contribution in [2.75, 3.05) is 19.4 Å². The van der Waals surface area contributed by atoms with Crippen molar-refractivity contribution in [1.29, 1.82) is 0 Å². The number of halogens is 1. The number of ether oxygens (including phenoxy) is 2. The fourth-order valence-electron chi connectivity index (χ4n) is 3.62. The lowest BCUT2D eigenvalue weighted by Crippen LogP contribution is -2.60. The fraction of sp³-hybridized carbons (Fsp3) is 0.556. The number of fused-ring (bicyclic) bond motifs is 1. The SMILES string of the molecule is C[C@H]1OC[C@]2(c3cc(N)ccc3F)N=C(NC(=O)OC(C)(C)C)N(C)S(=O)(=O)[C@H]12. The molecule has 9 nitrogen and oxygen atoms in total. The van der Waals surface area contributed by atoms with Crippen LogP contribution in [-0.2, 0) is 25.0 Å². The molecule has 0 saturated carbocycles. The number of benzene rings is 1. The van der Waals surface area contributed by atoms with E-state index in [0.717, 1.165) is 10.4 Å². The highest BCUT2D eigenvalue weighted by atomic mass is 32.2. The maximum absolute atomic E-state index is 14.8. The van der Waals surface area contributed by atoms with Crippen LogP contribution in [0.15, 0.2) is 23.2 Å². The Morgan fingerprint density at radius 3 is 2.72 bits per heavy atom. The predicted molar refractivity (Wildman–Crippen MR) is 105 cm³/mol. The minimum Gasteiger partial charge on any atom is -0.444 e. The van der Waals surface area contributed by atoms with Crippen LogP contribution in [-0.4, -0.2) is 55.4 Å². The van der Waals surface area contributed by atoms with Crippen LogP contribution in [0.4, 0.5) is 14.9 Å². The first-order valence-corrected chi connectivity index (χ1v) is 10.5. The Labute approximate surface area is 169 Å². The predicted octanol–water partition coefficient (Wildman–Crippen LogP) is 1.55. The second kappa shape index (κ2) is 6.84. The second-order valence-corrected chi connectivity index (χ2v) is 10.3. The molecule has 0 radical (unpaired) electrons. The van der Waals surface area contributed by atoms with Crippen molar-refractivity contribution in [3.63, 3.8) is 0 Å². The van der Waals surface area contributed by atoms with Gasteiger partial charge in [-0.15, -0.1) is 0 Å². The Hall–Kier alpha value is -2.40. The van der Waals surface area contributed by atoms with Gasteiger partial charge in [0.25, 0.3) is 0 Å². The fourth-order valence-corrected chi connectivity index (χ4v) is 5.59. The maximum atomic E-state index is 14.8. The normalized spacial score (nSPS) is 28.5. The van der Waals surface area contributed by atoms with E-state index in [9.17, 15) is 17.6 Å². The monoisotopic (exact) mass is 428 g/mol.